The normalized spacial score (nSPS) is 21.2. The summed E-state index contributed by atoms with van der Waals surface area (Å²) in [5.41, 5.74) is 2.29. The van der Waals surface area contributed by atoms with Gasteiger partial charge in [0.05, 0.1) is 0 Å². The second kappa shape index (κ2) is 5.76. The Morgan fingerprint density at radius 3 is 2.82 bits per heavy atom. The zero-order chi connectivity index (χ0) is 15.9. The van der Waals surface area contributed by atoms with Crippen molar-refractivity contribution in [1.29, 1.82) is 0 Å². The Morgan fingerprint density at radius 1 is 1.32 bits per heavy atom. The van der Waals surface area contributed by atoms with E-state index in [-0.39, 0.29) is 6.09 Å². The molecule has 1 fully saturated rings. The number of nitrogens with zero attached hydrogens (tertiary/aromatic N) is 2. The van der Waals surface area contributed by atoms with Crippen molar-refractivity contribution in [2.45, 2.75) is 45.3 Å². The standard InChI is InChI=1S/C17H23BrN2O2/c1-17(2,3)22-16(21)19-8-9-20-14(11-19)6-4-12-10-13(18)5-7-15(12)20/h5,7,10,14H,4,6,8-9,11H2,1-3H3/t14-/m1/s1. The molecule has 4 nitrogen and oxygen atoms in total. The number of hydrogen-bond donors (Lipinski definition) is 0. The molecule has 1 amide bonds. The van der Waals surface area contributed by atoms with Crippen LogP contribution in [0, 0.1) is 0 Å². The van der Waals surface area contributed by atoms with Crippen molar-refractivity contribution in [2.24, 2.45) is 0 Å². The Balaban J connectivity index is 1.71. The van der Waals surface area contributed by atoms with Gasteiger partial charge in [-0.1, -0.05) is 15.9 Å². The second-order valence-electron chi connectivity index (χ2n) is 7.09. The minimum Gasteiger partial charge on any atom is -0.444 e. The summed E-state index contributed by atoms with van der Waals surface area (Å²) >= 11 is 3.55. The number of hydrogen-bond acceptors (Lipinski definition) is 3. The summed E-state index contributed by atoms with van der Waals surface area (Å²) in [5, 5.41) is 0. The van der Waals surface area contributed by atoms with Crippen LogP contribution in [-0.2, 0) is 11.2 Å². The monoisotopic (exact) mass is 366 g/mol. The van der Waals surface area contributed by atoms with Crippen LogP contribution >= 0.6 is 15.9 Å². The molecule has 1 aromatic carbocycles. The van der Waals surface area contributed by atoms with Gasteiger partial charge in [-0.05, 0) is 57.4 Å². The fourth-order valence-electron chi connectivity index (χ4n) is 3.27. The van der Waals surface area contributed by atoms with Crippen molar-refractivity contribution in [1.82, 2.24) is 4.90 Å². The third-order valence-electron chi connectivity index (χ3n) is 4.23. The SMILES string of the molecule is CC(C)(C)OC(=O)N1CCN2c3ccc(Br)cc3CC[C@@H]2C1. The molecule has 1 saturated heterocycles. The molecule has 1 aromatic rings. The van der Waals surface area contributed by atoms with E-state index in [9.17, 15) is 4.79 Å². The van der Waals surface area contributed by atoms with Crippen LogP contribution in [0.5, 0.6) is 0 Å². The van der Waals surface area contributed by atoms with Gasteiger partial charge in [0.25, 0.3) is 0 Å². The number of fused-ring (bicyclic) bond motifs is 3. The van der Waals surface area contributed by atoms with Crippen LogP contribution in [0.4, 0.5) is 10.5 Å². The highest BCUT2D eigenvalue weighted by Gasteiger charge is 2.34. The number of ether oxygens (including phenoxy) is 1. The molecule has 1 atom stereocenters. The zero-order valence-corrected chi connectivity index (χ0v) is 15.0. The van der Waals surface area contributed by atoms with E-state index in [2.05, 4.69) is 39.0 Å². The second-order valence-corrected chi connectivity index (χ2v) is 8.00. The number of carbonyl (C=O) groups excluding carboxylic acids is 1. The number of carbonyl (C=O) groups is 1. The van der Waals surface area contributed by atoms with Crippen LogP contribution in [0.15, 0.2) is 22.7 Å². The number of aryl methyl sites for hydroxylation is 1. The van der Waals surface area contributed by atoms with Crippen LogP contribution < -0.4 is 4.90 Å². The topological polar surface area (TPSA) is 32.8 Å². The average molecular weight is 367 g/mol. The summed E-state index contributed by atoms with van der Waals surface area (Å²) in [6.07, 6.45) is 1.97. The van der Waals surface area contributed by atoms with Crippen molar-refractivity contribution >= 4 is 27.7 Å². The van der Waals surface area contributed by atoms with E-state index in [0.717, 1.165) is 36.9 Å². The van der Waals surface area contributed by atoms with E-state index < -0.39 is 5.60 Å². The number of amides is 1. The summed E-state index contributed by atoms with van der Waals surface area (Å²) in [6.45, 7) is 8.09. The van der Waals surface area contributed by atoms with Gasteiger partial charge < -0.3 is 14.5 Å². The van der Waals surface area contributed by atoms with Crippen LogP contribution in [0.3, 0.4) is 0 Å². The summed E-state index contributed by atoms with van der Waals surface area (Å²) in [4.78, 5) is 16.6. The van der Waals surface area contributed by atoms with Crippen LogP contribution in [0.25, 0.3) is 0 Å². The highest BCUT2D eigenvalue weighted by Crippen LogP contribution is 2.34. The smallest absolute Gasteiger partial charge is 0.410 e. The highest BCUT2D eigenvalue weighted by molar-refractivity contribution is 9.10. The van der Waals surface area contributed by atoms with Crippen molar-refractivity contribution in [2.75, 3.05) is 24.5 Å². The van der Waals surface area contributed by atoms with Crippen molar-refractivity contribution < 1.29 is 9.53 Å². The molecule has 0 N–H and O–H groups in total. The molecule has 0 aliphatic carbocycles. The summed E-state index contributed by atoms with van der Waals surface area (Å²) < 4.78 is 6.64. The first-order chi connectivity index (χ1) is 10.3. The third kappa shape index (κ3) is 3.24. The largest absolute Gasteiger partial charge is 0.444 e. The molecule has 2 heterocycles. The van der Waals surface area contributed by atoms with Crippen molar-refractivity contribution in [3.8, 4) is 0 Å². The molecule has 0 spiro atoms. The maximum Gasteiger partial charge on any atom is 0.410 e. The van der Waals surface area contributed by atoms with Gasteiger partial charge in [-0.2, -0.15) is 0 Å². The molecule has 0 unspecified atom stereocenters. The van der Waals surface area contributed by atoms with E-state index in [0.29, 0.717) is 6.04 Å². The highest BCUT2D eigenvalue weighted by atomic mass is 79.9. The zero-order valence-electron chi connectivity index (χ0n) is 13.4. The summed E-state index contributed by atoms with van der Waals surface area (Å²) in [6, 6.07) is 6.90. The molecule has 0 radical (unpaired) electrons. The van der Waals surface area contributed by atoms with Crippen LogP contribution in [0.2, 0.25) is 0 Å². The average Bonchev–Trinajstić information content (AvgIpc) is 2.44. The number of halogens is 1. The minimum absolute atomic E-state index is 0.186. The Hall–Kier alpha value is -1.23. The molecule has 2 aliphatic heterocycles. The van der Waals surface area contributed by atoms with Gasteiger partial charge in [0.1, 0.15) is 5.60 Å². The minimum atomic E-state index is -0.431. The molecule has 0 aromatic heterocycles. The number of benzene rings is 1. The van der Waals surface area contributed by atoms with E-state index in [4.69, 9.17) is 4.74 Å². The Labute approximate surface area is 140 Å². The maximum absolute atomic E-state index is 12.3. The van der Waals surface area contributed by atoms with Gasteiger partial charge in [0.15, 0.2) is 0 Å². The van der Waals surface area contributed by atoms with E-state index in [1.54, 1.807) is 0 Å². The van der Waals surface area contributed by atoms with Gasteiger partial charge in [-0.3, -0.25) is 0 Å². The lowest BCUT2D eigenvalue weighted by molar-refractivity contribution is 0.0210. The first kappa shape index (κ1) is 15.7. The number of anilines is 1. The van der Waals surface area contributed by atoms with Gasteiger partial charge in [-0.15, -0.1) is 0 Å². The lowest BCUT2D eigenvalue weighted by Crippen LogP contribution is -2.57. The molecular weight excluding hydrogens is 344 g/mol. The first-order valence-electron chi connectivity index (χ1n) is 7.86. The van der Waals surface area contributed by atoms with Gasteiger partial charge >= 0.3 is 6.09 Å². The Morgan fingerprint density at radius 2 is 2.09 bits per heavy atom. The fourth-order valence-corrected chi connectivity index (χ4v) is 3.68. The predicted octanol–water partition coefficient (Wildman–Crippen LogP) is 3.82. The fraction of sp³-hybridized carbons (Fsp3) is 0.588. The Bertz CT molecular complexity index is 583. The molecule has 22 heavy (non-hydrogen) atoms. The van der Waals surface area contributed by atoms with Gasteiger partial charge in [0.2, 0.25) is 0 Å². The van der Waals surface area contributed by atoms with Crippen molar-refractivity contribution in [3.05, 3.63) is 28.2 Å². The van der Waals surface area contributed by atoms with Crippen LogP contribution in [-0.4, -0.2) is 42.3 Å². The van der Waals surface area contributed by atoms with E-state index >= 15 is 0 Å². The summed E-state index contributed by atoms with van der Waals surface area (Å²) in [7, 11) is 0. The number of rotatable bonds is 0. The quantitative estimate of drug-likeness (QED) is 0.699. The van der Waals surface area contributed by atoms with Crippen LogP contribution in [0.1, 0.15) is 32.8 Å². The van der Waals surface area contributed by atoms with Gasteiger partial charge in [-0.25, -0.2) is 4.79 Å². The number of piperazine rings is 1. The molecule has 5 heteroatoms. The molecule has 120 valence electrons. The third-order valence-corrected chi connectivity index (χ3v) is 4.73. The lowest BCUT2D eigenvalue weighted by atomic mass is 9.94. The van der Waals surface area contributed by atoms with Crippen molar-refractivity contribution in [3.63, 3.8) is 0 Å². The Kier molecular flexibility index (Phi) is 4.10. The molecule has 0 bridgehead atoms. The lowest BCUT2D eigenvalue weighted by Gasteiger charge is -2.46. The molecular formula is C17H23BrN2O2. The van der Waals surface area contributed by atoms with Gasteiger partial charge in [0, 0.05) is 35.8 Å². The molecule has 2 aliphatic rings. The summed E-state index contributed by atoms with van der Waals surface area (Å²) in [5.74, 6) is 0. The maximum atomic E-state index is 12.3. The van der Waals surface area contributed by atoms with E-state index in [1.807, 2.05) is 25.7 Å². The molecule has 3 rings (SSSR count). The first-order valence-corrected chi connectivity index (χ1v) is 8.66. The molecule has 0 saturated carbocycles. The van der Waals surface area contributed by atoms with E-state index in [1.165, 1.54) is 11.3 Å². The predicted molar refractivity (Wildman–Crippen MR) is 91.4 cm³/mol.